The number of thioether (sulfide) groups is 1. The molecule has 1 aliphatic heterocycles. The van der Waals surface area contributed by atoms with Gasteiger partial charge in [0.15, 0.2) is 0 Å². The molecule has 1 fully saturated rings. The molecule has 0 aromatic heterocycles. The van der Waals surface area contributed by atoms with Gasteiger partial charge in [0.1, 0.15) is 10.1 Å². The van der Waals surface area contributed by atoms with Crippen LogP contribution < -0.4 is 4.74 Å². The van der Waals surface area contributed by atoms with Crippen LogP contribution in [0, 0.1) is 0 Å². The molecule has 1 heterocycles. The van der Waals surface area contributed by atoms with Crippen LogP contribution in [-0.4, -0.2) is 27.8 Å². The van der Waals surface area contributed by atoms with E-state index < -0.39 is 0 Å². The van der Waals surface area contributed by atoms with Gasteiger partial charge in [-0.2, -0.15) is 0 Å². The van der Waals surface area contributed by atoms with E-state index in [2.05, 4.69) is 22.9 Å². The van der Waals surface area contributed by atoms with Crippen molar-refractivity contribution in [2.45, 2.75) is 33.3 Å². The first-order chi connectivity index (χ1) is 10.5. The van der Waals surface area contributed by atoms with Gasteiger partial charge in [0, 0.05) is 6.54 Å². The van der Waals surface area contributed by atoms with Gasteiger partial charge in [-0.3, -0.25) is 9.69 Å². The van der Waals surface area contributed by atoms with E-state index in [9.17, 15) is 4.79 Å². The fourth-order valence-corrected chi connectivity index (χ4v) is 3.80. The molecule has 2 rings (SSSR count). The monoisotopic (exact) mass is 399 g/mol. The zero-order chi connectivity index (χ0) is 16.3. The van der Waals surface area contributed by atoms with Gasteiger partial charge < -0.3 is 4.74 Å². The van der Waals surface area contributed by atoms with E-state index >= 15 is 0 Å². The summed E-state index contributed by atoms with van der Waals surface area (Å²) in [5, 5.41) is 0. The lowest BCUT2D eigenvalue weighted by molar-refractivity contribution is -0.121. The van der Waals surface area contributed by atoms with Crippen LogP contribution in [0.25, 0.3) is 6.08 Å². The van der Waals surface area contributed by atoms with Gasteiger partial charge in [0.2, 0.25) is 0 Å². The topological polar surface area (TPSA) is 29.5 Å². The first kappa shape index (κ1) is 17.5. The summed E-state index contributed by atoms with van der Waals surface area (Å²) >= 11 is 10.1. The molecule has 118 valence electrons. The number of thiocarbonyl (C=S) groups is 1. The van der Waals surface area contributed by atoms with Crippen LogP contribution in [0.1, 0.15) is 32.8 Å². The van der Waals surface area contributed by atoms with E-state index in [1.807, 2.05) is 38.1 Å². The number of carbonyl (C=O) groups is 1. The number of benzene rings is 1. The van der Waals surface area contributed by atoms with Gasteiger partial charge in [-0.25, -0.2) is 0 Å². The summed E-state index contributed by atoms with van der Waals surface area (Å²) in [5.74, 6) is 0.793. The van der Waals surface area contributed by atoms with Crippen molar-refractivity contribution in [3.8, 4) is 5.75 Å². The lowest BCUT2D eigenvalue weighted by Gasteiger charge is -2.14. The van der Waals surface area contributed by atoms with Crippen LogP contribution in [0.5, 0.6) is 5.75 Å². The quantitative estimate of drug-likeness (QED) is 0.522. The zero-order valence-corrected chi connectivity index (χ0v) is 16.0. The summed E-state index contributed by atoms with van der Waals surface area (Å²) in [6, 6.07) is 5.82. The van der Waals surface area contributed by atoms with Crippen molar-refractivity contribution in [1.82, 2.24) is 4.90 Å². The Labute approximate surface area is 149 Å². The SMILES string of the molecule is CC[C@@H](C)Oc1ccc(/C=C2\SC(=S)N(CC)C2=O)cc1Br. The third-order valence-electron chi connectivity index (χ3n) is 3.35. The maximum atomic E-state index is 12.2. The highest BCUT2D eigenvalue weighted by Crippen LogP contribution is 2.34. The van der Waals surface area contributed by atoms with Gasteiger partial charge in [-0.05, 0) is 60.0 Å². The van der Waals surface area contributed by atoms with Gasteiger partial charge in [-0.15, -0.1) is 0 Å². The van der Waals surface area contributed by atoms with Crippen molar-refractivity contribution in [3.63, 3.8) is 0 Å². The maximum Gasteiger partial charge on any atom is 0.266 e. The molecular weight excluding hydrogens is 382 g/mol. The Bertz CT molecular complexity index is 631. The summed E-state index contributed by atoms with van der Waals surface area (Å²) in [7, 11) is 0. The predicted molar refractivity (Wildman–Crippen MR) is 100 cm³/mol. The second kappa shape index (κ2) is 7.62. The highest BCUT2D eigenvalue weighted by Gasteiger charge is 2.30. The molecule has 1 aliphatic rings. The Hall–Kier alpha value is -0.850. The normalized spacial score (nSPS) is 18.2. The lowest BCUT2D eigenvalue weighted by Crippen LogP contribution is -2.27. The van der Waals surface area contributed by atoms with E-state index in [4.69, 9.17) is 17.0 Å². The summed E-state index contributed by atoms with van der Waals surface area (Å²) < 4.78 is 7.33. The maximum absolute atomic E-state index is 12.2. The van der Waals surface area contributed by atoms with Crippen LogP contribution in [0.3, 0.4) is 0 Å². The molecule has 1 saturated heterocycles. The first-order valence-corrected chi connectivity index (χ1v) is 9.19. The molecule has 0 unspecified atom stereocenters. The number of amides is 1. The van der Waals surface area contributed by atoms with Crippen LogP contribution in [0.15, 0.2) is 27.6 Å². The molecule has 1 aromatic rings. The largest absolute Gasteiger partial charge is 0.490 e. The average Bonchev–Trinajstić information content (AvgIpc) is 2.75. The molecule has 0 bridgehead atoms. The predicted octanol–water partition coefficient (Wildman–Crippen LogP) is 4.85. The van der Waals surface area contributed by atoms with Crippen molar-refractivity contribution in [3.05, 3.63) is 33.1 Å². The number of rotatable bonds is 5. The van der Waals surface area contributed by atoms with Crippen molar-refractivity contribution >= 4 is 56.2 Å². The van der Waals surface area contributed by atoms with Crippen molar-refractivity contribution in [2.24, 2.45) is 0 Å². The molecule has 0 aliphatic carbocycles. The number of hydrogen-bond acceptors (Lipinski definition) is 4. The van der Waals surface area contributed by atoms with Crippen LogP contribution in [0.4, 0.5) is 0 Å². The van der Waals surface area contributed by atoms with E-state index in [1.54, 1.807) is 4.90 Å². The molecule has 0 radical (unpaired) electrons. The highest BCUT2D eigenvalue weighted by molar-refractivity contribution is 9.10. The standard InChI is InChI=1S/C16H18BrNO2S2/c1-4-10(3)20-13-7-6-11(8-12(13)17)9-14-15(19)18(5-2)16(21)22-14/h6-10H,4-5H2,1-3H3/b14-9-/t10-/m1/s1. The summed E-state index contributed by atoms with van der Waals surface area (Å²) in [6.45, 7) is 6.65. The Balaban J connectivity index is 2.21. The first-order valence-electron chi connectivity index (χ1n) is 7.17. The van der Waals surface area contributed by atoms with E-state index in [1.165, 1.54) is 11.8 Å². The fraction of sp³-hybridized carbons (Fsp3) is 0.375. The van der Waals surface area contributed by atoms with Gasteiger partial charge in [0.05, 0.1) is 15.5 Å². The van der Waals surface area contributed by atoms with Gasteiger partial charge >= 0.3 is 0 Å². The Morgan fingerprint density at radius 3 is 2.73 bits per heavy atom. The molecule has 0 saturated carbocycles. The van der Waals surface area contributed by atoms with E-state index in [-0.39, 0.29) is 12.0 Å². The Morgan fingerprint density at radius 2 is 2.18 bits per heavy atom. The number of carbonyl (C=O) groups excluding carboxylic acids is 1. The molecule has 6 heteroatoms. The second-order valence-corrected chi connectivity index (χ2v) is 7.48. The second-order valence-electron chi connectivity index (χ2n) is 4.95. The molecule has 1 aromatic carbocycles. The minimum absolute atomic E-state index is 0.0199. The van der Waals surface area contributed by atoms with E-state index in [0.29, 0.717) is 15.8 Å². The van der Waals surface area contributed by atoms with Crippen LogP contribution >= 0.6 is 39.9 Å². The molecule has 0 N–H and O–H groups in total. The van der Waals surface area contributed by atoms with Crippen LogP contribution in [0.2, 0.25) is 0 Å². The summed E-state index contributed by atoms with van der Waals surface area (Å²) in [5.41, 5.74) is 0.944. The zero-order valence-electron chi connectivity index (χ0n) is 12.8. The minimum Gasteiger partial charge on any atom is -0.490 e. The van der Waals surface area contributed by atoms with Crippen LogP contribution in [-0.2, 0) is 4.79 Å². The Kier molecular flexibility index (Phi) is 6.06. The van der Waals surface area contributed by atoms with Gasteiger partial charge in [0.25, 0.3) is 5.91 Å². The number of ether oxygens (including phenoxy) is 1. The third-order valence-corrected chi connectivity index (χ3v) is 5.34. The smallest absolute Gasteiger partial charge is 0.266 e. The molecule has 1 atom stereocenters. The fourth-order valence-electron chi connectivity index (χ4n) is 1.93. The minimum atomic E-state index is -0.0199. The van der Waals surface area contributed by atoms with Crippen molar-refractivity contribution < 1.29 is 9.53 Å². The summed E-state index contributed by atoms with van der Waals surface area (Å²) in [4.78, 5) is 14.5. The lowest BCUT2D eigenvalue weighted by atomic mass is 10.2. The Morgan fingerprint density at radius 1 is 1.45 bits per heavy atom. The van der Waals surface area contributed by atoms with E-state index in [0.717, 1.165) is 22.2 Å². The molecule has 3 nitrogen and oxygen atoms in total. The molecule has 1 amide bonds. The third kappa shape index (κ3) is 3.91. The number of halogens is 1. The van der Waals surface area contributed by atoms with Crippen molar-refractivity contribution in [2.75, 3.05) is 6.54 Å². The van der Waals surface area contributed by atoms with Gasteiger partial charge in [-0.1, -0.05) is 37.0 Å². The number of nitrogens with zero attached hydrogens (tertiary/aromatic N) is 1. The summed E-state index contributed by atoms with van der Waals surface area (Å²) in [6.07, 6.45) is 2.99. The number of hydrogen-bond donors (Lipinski definition) is 0. The number of likely N-dealkylation sites (N-methyl/N-ethyl adjacent to an activating group) is 1. The molecular formula is C16H18BrNO2S2. The molecule has 0 spiro atoms. The van der Waals surface area contributed by atoms with Crippen molar-refractivity contribution in [1.29, 1.82) is 0 Å². The molecule has 22 heavy (non-hydrogen) atoms. The highest BCUT2D eigenvalue weighted by atomic mass is 79.9. The average molecular weight is 400 g/mol.